The summed E-state index contributed by atoms with van der Waals surface area (Å²) in [4.78, 5) is 25.0. The molecule has 0 aliphatic carbocycles. The van der Waals surface area contributed by atoms with Crippen molar-refractivity contribution in [2.75, 3.05) is 0 Å². The van der Waals surface area contributed by atoms with Crippen LogP contribution in [0.25, 0.3) is 0 Å². The highest BCUT2D eigenvalue weighted by Crippen LogP contribution is 2.31. The number of ether oxygens (including phenoxy) is 1. The van der Waals surface area contributed by atoms with Gasteiger partial charge in [-0.1, -0.05) is 27.5 Å². The summed E-state index contributed by atoms with van der Waals surface area (Å²) < 4.78 is 5.72. The third-order valence-corrected chi connectivity index (χ3v) is 3.01. The lowest BCUT2D eigenvalue weighted by Gasteiger charge is -2.08. The van der Waals surface area contributed by atoms with Crippen LogP contribution in [0.2, 0.25) is 5.15 Å². The van der Waals surface area contributed by atoms with Gasteiger partial charge in [0.25, 0.3) is 5.69 Å². The van der Waals surface area contributed by atoms with Crippen molar-refractivity contribution >= 4 is 39.2 Å². The lowest BCUT2D eigenvalue weighted by Crippen LogP contribution is -2.02. The first-order chi connectivity index (χ1) is 9.86. The molecule has 108 valence electrons. The number of benzene rings is 1. The zero-order chi connectivity index (χ0) is 15.6. The Morgan fingerprint density at radius 1 is 1.38 bits per heavy atom. The minimum atomic E-state index is -1.25. The van der Waals surface area contributed by atoms with Gasteiger partial charge < -0.3 is 9.84 Å². The van der Waals surface area contributed by atoms with Crippen LogP contribution in [0.15, 0.2) is 34.8 Å². The molecule has 1 N–H and O–H groups in total. The largest absolute Gasteiger partial charge is 0.477 e. The highest BCUT2D eigenvalue weighted by Gasteiger charge is 2.16. The van der Waals surface area contributed by atoms with E-state index in [-0.39, 0.29) is 28.0 Å². The van der Waals surface area contributed by atoms with Crippen molar-refractivity contribution in [3.05, 3.63) is 55.6 Å². The van der Waals surface area contributed by atoms with E-state index >= 15 is 0 Å². The quantitative estimate of drug-likeness (QED) is 0.495. The molecule has 1 aromatic carbocycles. The van der Waals surface area contributed by atoms with Crippen molar-refractivity contribution in [3.8, 4) is 11.6 Å². The number of non-ortho nitro benzene ring substituents is 1. The van der Waals surface area contributed by atoms with Crippen molar-refractivity contribution < 1.29 is 19.6 Å². The molecule has 0 atom stereocenters. The number of carbonyl (C=O) groups is 1. The molecule has 1 heterocycles. The number of rotatable bonds is 4. The van der Waals surface area contributed by atoms with E-state index in [2.05, 4.69) is 20.9 Å². The summed E-state index contributed by atoms with van der Waals surface area (Å²) in [5.74, 6) is -1.44. The summed E-state index contributed by atoms with van der Waals surface area (Å²) in [5, 5.41) is 19.9. The molecular weight excluding hydrogens is 367 g/mol. The van der Waals surface area contributed by atoms with Gasteiger partial charge in [0, 0.05) is 10.5 Å². The van der Waals surface area contributed by atoms with Gasteiger partial charge in [-0.2, -0.15) is 0 Å². The van der Waals surface area contributed by atoms with E-state index in [1.54, 1.807) is 0 Å². The minimum Gasteiger partial charge on any atom is -0.477 e. The van der Waals surface area contributed by atoms with E-state index in [9.17, 15) is 14.9 Å². The summed E-state index contributed by atoms with van der Waals surface area (Å²) >= 11 is 8.81. The molecule has 21 heavy (non-hydrogen) atoms. The van der Waals surface area contributed by atoms with Crippen LogP contribution in [0.1, 0.15) is 10.4 Å². The lowest BCUT2D eigenvalue weighted by molar-refractivity contribution is -0.385. The number of aromatic nitrogens is 1. The van der Waals surface area contributed by atoms with Crippen molar-refractivity contribution in [1.29, 1.82) is 0 Å². The van der Waals surface area contributed by atoms with Crippen LogP contribution in [0.5, 0.6) is 11.6 Å². The SMILES string of the molecule is O=C(O)c1ccc(Cl)nc1Oc1cc(Br)cc([N+](=O)[O-])c1. The molecule has 0 amide bonds. The third kappa shape index (κ3) is 3.67. The first-order valence-electron chi connectivity index (χ1n) is 5.39. The number of nitro benzene ring substituents is 1. The van der Waals surface area contributed by atoms with Crippen molar-refractivity contribution in [1.82, 2.24) is 4.98 Å². The van der Waals surface area contributed by atoms with Gasteiger partial charge >= 0.3 is 5.97 Å². The summed E-state index contributed by atoms with van der Waals surface area (Å²) in [6.07, 6.45) is 0. The molecule has 2 rings (SSSR count). The molecule has 0 aliphatic rings. The maximum absolute atomic E-state index is 11.1. The van der Waals surface area contributed by atoms with Crippen LogP contribution >= 0.6 is 27.5 Å². The van der Waals surface area contributed by atoms with Crippen LogP contribution in [-0.2, 0) is 0 Å². The highest BCUT2D eigenvalue weighted by atomic mass is 79.9. The summed E-state index contributed by atoms with van der Waals surface area (Å²) in [6, 6.07) is 6.43. The number of carboxylic acid groups (broad SMARTS) is 1. The minimum absolute atomic E-state index is 0.0412. The number of carboxylic acids is 1. The fraction of sp³-hybridized carbons (Fsp3) is 0. The number of halogens is 2. The number of pyridine rings is 1. The second-order valence-electron chi connectivity index (χ2n) is 3.80. The van der Waals surface area contributed by atoms with Gasteiger partial charge in [-0.25, -0.2) is 9.78 Å². The standard InChI is InChI=1S/C12H6BrClN2O5/c13-6-3-7(16(19)20)5-8(4-6)21-11-9(12(17)18)1-2-10(14)15-11/h1-5H,(H,17,18). The molecule has 0 spiro atoms. The van der Waals surface area contributed by atoms with Crippen molar-refractivity contribution in [3.63, 3.8) is 0 Å². The number of nitrogens with zero attached hydrogens (tertiary/aromatic N) is 2. The highest BCUT2D eigenvalue weighted by molar-refractivity contribution is 9.10. The van der Waals surface area contributed by atoms with E-state index in [4.69, 9.17) is 21.4 Å². The Kier molecular flexibility index (Phi) is 4.39. The zero-order valence-corrected chi connectivity index (χ0v) is 12.5. The third-order valence-electron chi connectivity index (χ3n) is 2.34. The molecule has 7 nitrogen and oxygen atoms in total. The first-order valence-corrected chi connectivity index (χ1v) is 6.56. The summed E-state index contributed by atoms with van der Waals surface area (Å²) in [6.45, 7) is 0. The van der Waals surface area contributed by atoms with E-state index in [0.717, 1.165) is 6.07 Å². The second kappa shape index (κ2) is 6.06. The Hall–Kier alpha value is -2.19. The van der Waals surface area contributed by atoms with Crippen LogP contribution in [0, 0.1) is 10.1 Å². The maximum atomic E-state index is 11.1. The molecule has 0 saturated heterocycles. The Bertz CT molecular complexity index is 738. The fourth-order valence-corrected chi connectivity index (χ4v) is 2.08. The van der Waals surface area contributed by atoms with Crippen molar-refractivity contribution in [2.24, 2.45) is 0 Å². The Morgan fingerprint density at radius 2 is 2.10 bits per heavy atom. The zero-order valence-electron chi connectivity index (χ0n) is 10.1. The van der Waals surface area contributed by atoms with Crippen LogP contribution in [0.3, 0.4) is 0 Å². The average Bonchev–Trinajstić information content (AvgIpc) is 2.37. The Morgan fingerprint density at radius 3 is 2.71 bits per heavy atom. The number of hydrogen-bond donors (Lipinski definition) is 1. The van der Waals surface area contributed by atoms with Crippen LogP contribution < -0.4 is 4.74 Å². The van der Waals surface area contributed by atoms with E-state index in [1.807, 2.05) is 0 Å². The maximum Gasteiger partial charge on any atom is 0.341 e. The Balaban J connectivity index is 2.45. The molecule has 0 saturated carbocycles. The van der Waals surface area contributed by atoms with Gasteiger partial charge in [0.1, 0.15) is 16.5 Å². The molecule has 9 heteroatoms. The molecule has 0 bridgehead atoms. The van der Waals surface area contributed by atoms with E-state index in [0.29, 0.717) is 4.47 Å². The molecule has 0 unspecified atom stereocenters. The van der Waals surface area contributed by atoms with Crippen molar-refractivity contribution in [2.45, 2.75) is 0 Å². The van der Waals surface area contributed by atoms with Crippen LogP contribution in [0.4, 0.5) is 5.69 Å². The molecule has 1 aromatic heterocycles. The first kappa shape index (κ1) is 15.2. The Labute approximate surface area is 131 Å². The van der Waals surface area contributed by atoms with Gasteiger partial charge in [-0.05, 0) is 18.2 Å². The summed E-state index contributed by atoms with van der Waals surface area (Å²) in [5.41, 5.74) is -0.416. The van der Waals surface area contributed by atoms with E-state index in [1.165, 1.54) is 24.3 Å². The monoisotopic (exact) mass is 372 g/mol. The molecule has 0 aliphatic heterocycles. The van der Waals surface area contributed by atoms with E-state index < -0.39 is 10.9 Å². The molecule has 2 aromatic rings. The topological polar surface area (TPSA) is 103 Å². The van der Waals surface area contributed by atoms with Gasteiger partial charge in [-0.15, -0.1) is 0 Å². The fourth-order valence-electron chi connectivity index (χ4n) is 1.48. The van der Waals surface area contributed by atoms with Gasteiger partial charge in [-0.3, -0.25) is 10.1 Å². The smallest absolute Gasteiger partial charge is 0.341 e. The normalized spacial score (nSPS) is 10.2. The lowest BCUT2D eigenvalue weighted by atomic mass is 10.2. The predicted molar refractivity (Wildman–Crippen MR) is 77.1 cm³/mol. The van der Waals surface area contributed by atoms with Gasteiger partial charge in [0.2, 0.25) is 5.88 Å². The number of hydrogen-bond acceptors (Lipinski definition) is 5. The summed E-state index contributed by atoms with van der Waals surface area (Å²) in [7, 11) is 0. The van der Waals surface area contributed by atoms with Crippen LogP contribution in [-0.4, -0.2) is 21.0 Å². The predicted octanol–water partition coefficient (Wildman–Crippen LogP) is 3.90. The van der Waals surface area contributed by atoms with Gasteiger partial charge in [0.05, 0.1) is 11.0 Å². The average molecular weight is 374 g/mol. The molecular formula is C12H6BrClN2O5. The number of nitro groups is 1. The molecule has 0 fully saturated rings. The van der Waals surface area contributed by atoms with Gasteiger partial charge in [0.15, 0.2) is 0 Å². The number of aromatic carboxylic acids is 1. The second-order valence-corrected chi connectivity index (χ2v) is 5.10. The molecule has 0 radical (unpaired) electrons.